The van der Waals surface area contributed by atoms with Crippen molar-refractivity contribution in [3.8, 4) is 11.5 Å². The fourth-order valence-corrected chi connectivity index (χ4v) is 3.08. The van der Waals surface area contributed by atoms with Crippen LogP contribution in [0.3, 0.4) is 0 Å². The number of aromatic nitrogens is 1. The van der Waals surface area contributed by atoms with Gasteiger partial charge in [0.1, 0.15) is 23.9 Å². The molecule has 0 radical (unpaired) electrons. The number of hydrogen-bond donors (Lipinski definition) is 2. The number of nitrogen functional groups attached to an aromatic ring is 1. The first-order valence-corrected chi connectivity index (χ1v) is 9.31. The molecule has 3 N–H and O–H groups in total. The van der Waals surface area contributed by atoms with Gasteiger partial charge >= 0.3 is 0 Å². The summed E-state index contributed by atoms with van der Waals surface area (Å²) in [6.07, 6.45) is 1.72. The van der Waals surface area contributed by atoms with Gasteiger partial charge in [-0.2, -0.15) is 5.10 Å². The second-order valence-corrected chi connectivity index (χ2v) is 6.86. The number of nitrogens with two attached hydrogens (primary N) is 1. The lowest BCUT2D eigenvalue weighted by atomic mass is 10.1. The van der Waals surface area contributed by atoms with E-state index < -0.39 is 0 Å². The van der Waals surface area contributed by atoms with E-state index in [2.05, 4.69) is 35.4 Å². The molecule has 0 aliphatic rings. The summed E-state index contributed by atoms with van der Waals surface area (Å²) in [4.78, 5) is 4.10. The van der Waals surface area contributed by atoms with Gasteiger partial charge in [-0.25, -0.2) is 4.98 Å². The third-order valence-corrected chi connectivity index (χ3v) is 4.90. The van der Waals surface area contributed by atoms with Crippen LogP contribution in [0.1, 0.15) is 22.3 Å². The van der Waals surface area contributed by atoms with Crippen molar-refractivity contribution in [2.45, 2.75) is 20.5 Å². The van der Waals surface area contributed by atoms with Gasteiger partial charge in [-0.15, -0.1) is 11.3 Å². The van der Waals surface area contributed by atoms with Crippen molar-refractivity contribution in [2.24, 2.45) is 5.10 Å². The molecule has 27 heavy (non-hydrogen) atoms. The van der Waals surface area contributed by atoms with Crippen molar-refractivity contribution in [1.82, 2.24) is 4.98 Å². The number of nitrogens with one attached hydrogen (secondary N) is 1. The van der Waals surface area contributed by atoms with Gasteiger partial charge in [0.15, 0.2) is 0 Å². The molecule has 0 saturated carbocycles. The molecule has 0 bridgehead atoms. The second kappa shape index (κ2) is 8.55. The van der Waals surface area contributed by atoms with E-state index in [4.69, 9.17) is 15.2 Å². The Kier molecular flexibility index (Phi) is 5.93. The highest BCUT2D eigenvalue weighted by molar-refractivity contribution is 7.14. The topological polar surface area (TPSA) is 81.8 Å². The lowest BCUT2D eigenvalue weighted by molar-refractivity contribution is 0.294. The van der Waals surface area contributed by atoms with Gasteiger partial charge in [-0.05, 0) is 54.8 Å². The van der Waals surface area contributed by atoms with Crippen molar-refractivity contribution >= 4 is 28.5 Å². The minimum Gasteiger partial charge on any atom is -0.496 e. The lowest BCUT2D eigenvalue weighted by Gasteiger charge is -2.13. The predicted octanol–water partition coefficient (Wildman–Crippen LogP) is 4.38. The fourth-order valence-electron chi connectivity index (χ4n) is 2.53. The van der Waals surface area contributed by atoms with Crippen LogP contribution in [-0.4, -0.2) is 18.3 Å². The Morgan fingerprint density at radius 3 is 2.81 bits per heavy atom. The number of rotatable bonds is 7. The normalized spacial score (nSPS) is 10.9. The standard InChI is InChI=1S/C20H22N4O2S/c1-13-5-4-6-17(14(13)2)26-11-16-9-15(7-8-18(16)25-3)10-22-24-20-23-19(21)12-27-20/h4-10,12H,11,21H2,1-3H3,(H,23,24). The highest BCUT2D eigenvalue weighted by Crippen LogP contribution is 2.25. The Morgan fingerprint density at radius 2 is 2.07 bits per heavy atom. The zero-order chi connectivity index (χ0) is 19.2. The van der Waals surface area contributed by atoms with Crippen molar-refractivity contribution in [1.29, 1.82) is 0 Å². The van der Waals surface area contributed by atoms with E-state index in [0.717, 1.165) is 28.2 Å². The van der Waals surface area contributed by atoms with Crippen LogP contribution in [0.4, 0.5) is 10.9 Å². The molecule has 3 rings (SSSR count). The molecule has 0 aliphatic heterocycles. The summed E-state index contributed by atoms with van der Waals surface area (Å²) in [5.41, 5.74) is 12.7. The Balaban J connectivity index is 1.72. The first kappa shape index (κ1) is 18.7. The second-order valence-electron chi connectivity index (χ2n) is 6.01. The quantitative estimate of drug-likeness (QED) is 0.468. The van der Waals surface area contributed by atoms with Crippen LogP contribution in [-0.2, 0) is 6.61 Å². The van der Waals surface area contributed by atoms with E-state index in [-0.39, 0.29) is 0 Å². The van der Waals surface area contributed by atoms with Crippen LogP contribution in [0.5, 0.6) is 11.5 Å². The minimum atomic E-state index is 0.408. The first-order valence-electron chi connectivity index (χ1n) is 8.43. The fraction of sp³-hybridized carbons (Fsp3) is 0.200. The van der Waals surface area contributed by atoms with E-state index in [1.54, 1.807) is 18.7 Å². The molecule has 0 unspecified atom stereocenters. The van der Waals surface area contributed by atoms with Gasteiger partial charge in [0, 0.05) is 10.9 Å². The van der Waals surface area contributed by atoms with Gasteiger partial charge in [0.25, 0.3) is 0 Å². The van der Waals surface area contributed by atoms with Crippen LogP contribution in [0.25, 0.3) is 0 Å². The number of ether oxygens (including phenoxy) is 2. The number of benzene rings is 2. The first-order chi connectivity index (χ1) is 13.1. The number of nitrogens with zero attached hydrogens (tertiary/aromatic N) is 2. The third-order valence-electron chi connectivity index (χ3n) is 4.14. The van der Waals surface area contributed by atoms with Gasteiger partial charge in [0.2, 0.25) is 5.13 Å². The summed E-state index contributed by atoms with van der Waals surface area (Å²) < 4.78 is 11.5. The number of anilines is 2. The highest BCUT2D eigenvalue weighted by atomic mass is 32.1. The van der Waals surface area contributed by atoms with Crippen molar-refractivity contribution in [3.05, 3.63) is 64.0 Å². The van der Waals surface area contributed by atoms with Gasteiger partial charge < -0.3 is 15.2 Å². The molecule has 1 heterocycles. The molecule has 140 valence electrons. The Labute approximate surface area is 162 Å². The summed E-state index contributed by atoms with van der Waals surface area (Å²) in [5.74, 6) is 2.13. The zero-order valence-electron chi connectivity index (χ0n) is 15.5. The molecule has 0 amide bonds. The molecule has 2 aromatic carbocycles. The van der Waals surface area contributed by atoms with Crippen LogP contribution in [0.2, 0.25) is 0 Å². The molecule has 7 heteroatoms. The number of methoxy groups -OCH3 is 1. The molecule has 0 aliphatic carbocycles. The molecular formula is C20H22N4O2S. The molecule has 3 aromatic rings. The monoisotopic (exact) mass is 382 g/mol. The smallest absolute Gasteiger partial charge is 0.205 e. The number of thiazole rings is 1. The minimum absolute atomic E-state index is 0.408. The van der Waals surface area contributed by atoms with E-state index >= 15 is 0 Å². The van der Waals surface area contributed by atoms with Crippen LogP contribution in [0, 0.1) is 13.8 Å². The average molecular weight is 382 g/mol. The SMILES string of the molecule is COc1ccc(C=NNc2nc(N)cs2)cc1COc1cccc(C)c1C. The van der Waals surface area contributed by atoms with Crippen LogP contribution in [0.15, 0.2) is 46.9 Å². The Bertz CT molecular complexity index is 953. The van der Waals surface area contributed by atoms with Crippen molar-refractivity contribution in [3.63, 3.8) is 0 Å². The number of hydrazone groups is 1. The summed E-state index contributed by atoms with van der Waals surface area (Å²) in [7, 11) is 1.65. The van der Waals surface area contributed by atoms with E-state index in [9.17, 15) is 0 Å². The van der Waals surface area contributed by atoms with E-state index in [0.29, 0.717) is 17.6 Å². The molecule has 0 spiro atoms. The molecule has 1 aromatic heterocycles. The van der Waals surface area contributed by atoms with Gasteiger partial charge in [-0.3, -0.25) is 5.43 Å². The van der Waals surface area contributed by atoms with Crippen molar-refractivity contribution < 1.29 is 9.47 Å². The van der Waals surface area contributed by atoms with Crippen molar-refractivity contribution in [2.75, 3.05) is 18.3 Å². The maximum atomic E-state index is 6.02. The largest absolute Gasteiger partial charge is 0.496 e. The predicted molar refractivity (Wildman–Crippen MR) is 111 cm³/mol. The average Bonchev–Trinajstić information content (AvgIpc) is 3.08. The summed E-state index contributed by atoms with van der Waals surface area (Å²) in [5, 5.41) is 6.61. The molecule has 0 saturated heterocycles. The molecule has 0 fully saturated rings. The Morgan fingerprint density at radius 1 is 1.22 bits per heavy atom. The van der Waals surface area contributed by atoms with E-state index in [1.165, 1.54) is 16.9 Å². The molecule has 0 atom stereocenters. The summed E-state index contributed by atoms with van der Waals surface area (Å²) in [6, 6.07) is 11.9. The lowest BCUT2D eigenvalue weighted by Crippen LogP contribution is -2.02. The van der Waals surface area contributed by atoms with Gasteiger partial charge in [0.05, 0.1) is 13.3 Å². The summed E-state index contributed by atoms with van der Waals surface area (Å²) in [6.45, 7) is 4.54. The van der Waals surface area contributed by atoms with E-state index in [1.807, 2.05) is 30.3 Å². The van der Waals surface area contributed by atoms with Crippen LogP contribution < -0.4 is 20.6 Å². The maximum Gasteiger partial charge on any atom is 0.205 e. The van der Waals surface area contributed by atoms with Crippen LogP contribution >= 0.6 is 11.3 Å². The molecular weight excluding hydrogens is 360 g/mol. The highest BCUT2D eigenvalue weighted by Gasteiger charge is 2.07. The number of hydrogen-bond acceptors (Lipinski definition) is 7. The maximum absolute atomic E-state index is 6.02. The third kappa shape index (κ3) is 4.77. The number of aryl methyl sites for hydroxylation is 1. The molecule has 6 nitrogen and oxygen atoms in total. The zero-order valence-corrected chi connectivity index (χ0v) is 16.3. The van der Waals surface area contributed by atoms with Gasteiger partial charge in [-0.1, -0.05) is 12.1 Å². The Hall–Kier alpha value is -3.06. The summed E-state index contributed by atoms with van der Waals surface area (Å²) >= 11 is 1.40.